The Hall–Kier alpha value is -0.750. The molecule has 0 aliphatic heterocycles. The third-order valence-electron chi connectivity index (χ3n) is 3.15. The first-order valence-corrected chi connectivity index (χ1v) is 8.14. The number of halogens is 1. The Bertz CT molecular complexity index is 534. The molecule has 0 saturated carbocycles. The number of aromatic nitrogens is 1. The number of hydrogen-bond acceptors (Lipinski definition) is 4. The summed E-state index contributed by atoms with van der Waals surface area (Å²) in [6, 6.07) is 8.50. The minimum atomic E-state index is 0.121. The second-order valence-electron chi connectivity index (χ2n) is 4.63. The van der Waals surface area contributed by atoms with Crippen molar-refractivity contribution in [3.05, 3.63) is 49.9 Å². The Morgan fingerprint density at radius 2 is 2.00 bits per heavy atom. The number of ether oxygens (including phenoxy) is 1. The highest BCUT2D eigenvalue weighted by molar-refractivity contribution is 9.10. The number of hydrogen-bond donors (Lipinski definition) is 1. The van der Waals surface area contributed by atoms with E-state index >= 15 is 0 Å². The van der Waals surface area contributed by atoms with Crippen LogP contribution in [0.5, 0.6) is 0 Å². The lowest BCUT2D eigenvalue weighted by Crippen LogP contribution is -2.25. The van der Waals surface area contributed by atoms with Crippen LogP contribution in [-0.2, 0) is 4.74 Å². The minimum Gasteiger partial charge on any atom is -0.383 e. The van der Waals surface area contributed by atoms with E-state index in [0.29, 0.717) is 6.61 Å². The molecule has 0 fully saturated rings. The summed E-state index contributed by atoms with van der Waals surface area (Å²) in [4.78, 5) is 5.97. The molecule has 2 rings (SSSR count). The van der Waals surface area contributed by atoms with Gasteiger partial charge in [-0.15, -0.1) is 11.3 Å². The normalized spacial score (nSPS) is 12.6. The zero-order valence-electron chi connectivity index (χ0n) is 11.9. The molecule has 0 aliphatic rings. The molecule has 0 radical (unpaired) electrons. The van der Waals surface area contributed by atoms with Crippen molar-refractivity contribution >= 4 is 27.3 Å². The zero-order valence-corrected chi connectivity index (χ0v) is 14.3. The molecule has 20 heavy (non-hydrogen) atoms. The number of benzene rings is 1. The molecule has 108 valence electrons. The highest BCUT2D eigenvalue weighted by Gasteiger charge is 2.18. The maximum absolute atomic E-state index is 5.13. The van der Waals surface area contributed by atoms with Crippen molar-refractivity contribution in [2.45, 2.75) is 19.9 Å². The predicted octanol–water partition coefficient (Wildman–Crippen LogP) is 3.85. The molecule has 0 bridgehead atoms. The van der Waals surface area contributed by atoms with Crippen LogP contribution in [0.1, 0.15) is 27.2 Å². The first-order chi connectivity index (χ1) is 9.61. The fourth-order valence-corrected chi connectivity index (χ4v) is 3.22. The van der Waals surface area contributed by atoms with Crippen LogP contribution in [-0.4, -0.2) is 25.2 Å². The van der Waals surface area contributed by atoms with Gasteiger partial charge in [-0.1, -0.05) is 28.1 Å². The van der Waals surface area contributed by atoms with Crippen molar-refractivity contribution in [2.75, 3.05) is 20.3 Å². The summed E-state index contributed by atoms with van der Waals surface area (Å²) in [5.41, 5.74) is 2.33. The van der Waals surface area contributed by atoms with E-state index in [0.717, 1.165) is 21.7 Å². The van der Waals surface area contributed by atoms with E-state index in [4.69, 9.17) is 9.72 Å². The number of nitrogens with zero attached hydrogens (tertiary/aromatic N) is 1. The van der Waals surface area contributed by atoms with E-state index in [-0.39, 0.29) is 6.04 Å². The van der Waals surface area contributed by atoms with E-state index in [2.05, 4.69) is 59.4 Å². The van der Waals surface area contributed by atoms with Gasteiger partial charge in [-0.25, -0.2) is 4.98 Å². The molecule has 1 N–H and O–H groups in total. The predicted molar refractivity (Wildman–Crippen MR) is 87.5 cm³/mol. The van der Waals surface area contributed by atoms with Gasteiger partial charge in [0.25, 0.3) is 0 Å². The lowest BCUT2D eigenvalue weighted by molar-refractivity contribution is 0.197. The van der Waals surface area contributed by atoms with Crippen LogP contribution in [0.25, 0.3) is 0 Å². The van der Waals surface area contributed by atoms with Crippen molar-refractivity contribution in [3.8, 4) is 0 Å². The molecule has 1 aromatic heterocycles. The molecule has 0 amide bonds. The van der Waals surface area contributed by atoms with Crippen LogP contribution < -0.4 is 5.32 Å². The second-order valence-corrected chi connectivity index (χ2v) is 6.78. The largest absolute Gasteiger partial charge is 0.383 e. The van der Waals surface area contributed by atoms with Crippen LogP contribution in [0.4, 0.5) is 0 Å². The molecule has 0 aliphatic carbocycles. The Balaban J connectivity index is 2.26. The van der Waals surface area contributed by atoms with E-state index in [9.17, 15) is 0 Å². The quantitative estimate of drug-likeness (QED) is 0.800. The third-order valence-corrected chi connectivity index (χ3v) is 4.82. The first-order valence-electron chi connectivity index (χ1n) is 6.53. The van der Waals surface area contributed by atoms with Crippen LogP contribution in [0.15, 0.2) is 28.7 Å². The van der Waals surface area contributed by atoms with Crippen molar-refractivity contribution in [3.63, 3.8) is 0 Å². The molecule has 1 aromatic carbocycles. The third kappa shape index (κ3) is 3.88. The highest BCUT2D eigenvalue weighted by Crippen LogP contribution is 2.28. The summed E-state index contributed by atoms with van der Waals surface area (Å²) >= 11 is 5.23. The zero-order chi connectivity index (χ0) is 14.5. The first kappa shape index (κ1) is 15.6. The van der Waals surface area contributed by atoms with Crippen molar-refractivity contribution in [2.24, 2.45) is 0 Å². The molecule has 1 heterocycles. The summed E-state index contributed by atoms with van der Waals surface area (Å²) in [5.74, 6) is 0. The van der Waals surface area contributed by atoms with Crippen LogP contribution >= 0.6 is 27.3 Å². The van der Waals surface area contributed by atoms with Crippen LogP contribution in [0.3, 0.4) is 0 Å². The summed E-state index contributed by atoms with van der Waals surface area (Å²) < 4.78 is 6.21. The molecular weight excluding hydrogens is 336 g/mol. The van der Waals surface area contributed by atoms with Gasteiger partial charge in [0.05, 0.1) is 18.3 Å². The standard InChI is InChI=1S/C15H19BrN2OS/c1-10-11(2)20-15(18-10)14(17-8-9-19-3)12-4-6-13(16)7-5-12/h4-7,14,17H,8-9H2,1-3H3. The van der Waals surface area contributed by atoms with Gasteiger partial charge < -0.3 is 10.1 Å². The van der Waals surface area contributed by atoms with Crippen LogP contribution in [0.2, 0.25) is 0 Å². The van der Waals surface area contributed by atoms with Gasteiger partial charge >= 0.3 is 0 Å². The fraction of sp³-hybridized carbons (Fsp3) is 0.400. The number of thiazole rings is 1. The van der Waals surface area contributed by atoms with E-state index in [1.807, 2.05) is 0 Å². The minimum absolute atomic E-state index is 0.121. The van der Waals surface area contributed by atoms with Gasteiger partial charge in [0.15, 0.2) is 0 Å². The average Bonchev–Trinajstić information content (AvgIpc) is 2.76. The summed E-state index contributed by atoms with van der Waals surface area (Å²) in [6.45, 7) is 5.67. The Labute approximate surface area is 132 Å². The van der Waals surface area contributed by atoms with E-state index < -0.39 is 0 Å². The van der Waals surface area contributed by atoms with E-state index in [1.54, 1.807) is 18.4 Å². The smallest absolute Gasteiger partial charge is 0.115 e. The molecule has 3 nitrogen and oxygen atoms in total. The van der Waals surface area contributed by atoms with Gasteiger partial charge in [-0.05, 0) is 31.5 Å². The van der Waals surface area contributed by atoms with Crippen molar-refractivity contribution < 1.29 is 4.74 Å². The number of rotatable bonds is 6. The number of methoxy groups -OCH3 is 1. The molecule has 1 atom stereocenters. The van der Waals surface area contributed by atoms with Gasteiger partial charge in [-0.2, -0.15) is 0 Å². The van der Waals surface area contributed by atoms with E-state index in [1.165, 1.54) is 10.4 Å². The Kier molecular flexibility index (Phi) is 5.72. The average molecular weight is 355 g/mol. The summed E-state index contributed by atoms with van der Waals surface area (Å²) in [7, 11) is 1.72. The van der Waals surface area contributed by atoms with Crippen molar-refractivity contribution in [1.29, 1.82) is 0 Å². The molecule has 0 spiro atoms. The monoisotopic (exact) mass is 354 g/mol. The van der Waals surface area contributed by atoms with Crippen molar-refractivity contribution in [1.82, 2.24) is 10.3 Å². The Morgan fingerprint density at radius 1 is 1.30 bits per heavy atom. The topological polar surface area (TPSA) is 34.1 Å². The van der Waals surface area contributed by atoms with Gasteiger partial charge in [0, 0.05) is 23.0 Å². The lowest BCUT2D eigenvalue weighted by atomic mass is 10.1. The molecule has 2 aromatic rings. The van der Waals surface area contributed by atoms with Crippen LogP contribution in [0, 0.1) is 13.8 Å². The molecular formula is C15H19BrN2OS. The lowest BCUT2D eigenvalue weighted by Gasteiger charge is -2.17. The number of nitrogens with one attached hydrogen (secondary N) is 1. The maximum Gasteiger partial charge on any atom is 0.115 e. The molecule has 1 unspecified atom stereocenters. The second kappa shape index (κ2) is 7.31. The molecule has 0 saturated heterocycles. The summed E-state index contributed by atoms with van der Waals surface area (Å²) in [5, 5.41) is 4.63. The Morgan fingerprint density at radius 3 is 2.55 bits per heavy atom. The maximum atomic E-state index is 5.13. The van der Waals surface area contributed by atoms with Gasteiger partial charge in [0.1, 0.15) is 5.01 Å². The van der Waals surface area contributed by atoms with Gasteiger partial charge in [-0.3, -0.25) is 0 Å². The fourth-order valence-electron chi connectivity index (χ4n) is 1.93. The SMILES string of the molecule is COCCNC(c1ccc(Br)cc1)c1nc(C)c(C)s1. The highest BCUT2D eigenvalue weighted by atomic mass is 79.9. The van der Waals surface area contributed by atoms with Gasteiger partial charge in [0.2, 0.25) is 0 Å². The summed E-state index contributed by atoms with van der Waals surface area (Å²) in [6.07, 6.45) is 0. The number of aryl methyl sites for hydroxylation is 2. The molecule has 5 heteroatoms.